The number of likely N-dealkylation sites (tertiary alicyclic amines) is 1. The van der Waals surface area contributed by atoms with Crippen LogP contribution in [0.1, 0.15) is 54.6 Å². The number of ether oxygens (including phenoxy) is 1. The molecule has 7 nitrogen and oxygen atoms in total. The molecule has 7 heteroatoms. The highest BCUT2D eigenvalue weighted by atomic mass is 16.5. The SMILES string of the molecule is Cc1ncccc1OC1CCC(NC(=O)C2CCN(C(=O)c3ccncc3)CC2)CC1. The van der Waals surface area contributed by atoms with Gasteiger partial charge in [0.15, 0.2) is 0 Å². The Morgan fingerprint density at radius 1 is 1.00 bits per heavy atom. The lowest BCUT2D eigenvalue weighted by molar-refractivity contribution is -0.127. The second kappa shape index (κ2) is 9.90. The van der Waals surface area contributed by atoms with Gasteiger partial charge < -0.3 is 15.0 Å². The summed E-state index contributed by atoms with van der Waals surface area (Å²) in [6, 6.07) is 7.53. The molecule has 2 aromatic rings. The molecule has 4 rings (SSSR count). The van der Waals surface area contributed by atoms with Gasteiger partial charge in [-0.05, 0) is 69.7 Å². The number of hydrogen-bond donors (Lipinski definition) is 1. The van der Waals surface area contributed by atoms with E-state index in [2.05, 4.69) is 15.3 Å². The van der Waals surface area contributed by atoms with Crippen molar-refractivity contribution < 1.29 is 14.3 Å². The number of aryl methyl sites for hydroxylation is 1. The van der Waals surface area contributed by atoms with Gasteiger partial charge in [0.25, 0.3) is 5.91 Å². The molecule has 0 spiro atoms. The van der Waals surface area contributed by atoms with Crippen LogP contribution in [0.3, 0.4) is 0 Å². The number of nitrogens with one attached hydrogen (secondary N) is 1. The smallest absolute Gasteiger partial charge is 0.253 e. The molecule has 0 radical (unpaired) electrons. The molecule has 1 N–H and O–H groups in total. The van der Waals surface area contributed by atoms with E-state index in [1.165, 1.54) is 0 Å². The number of aromatic nitrogens is 2. The van der Waals surface area contributed by atoms with Gasteiger partial charge in [0.1, 0.15) is 5.75 Å². The van der Waals surface area contributed by atoms with Crippen molar-refractivity contribution in [2.75, 3.05) is 13.1 Å². The first kappa shape index (κ1) is 21.3. The van der Waals surface area contributed by atoms with Crippen LogP contribution in [0.15, 0.2) is 42.9 Å². The van der Waals surface area contributed by atoms with Gasteiger partial charge in [-0.15, -0.1) is 0 Å². The zero-order valence-corrected chi connectivity index (χ0v) is 18.0. The minimum absolute atomic E-state index is 0.0171. The Hall–Kier alpha value is -2.96. The second-order valence-electron chi connectivity index (χ2n) is 8.49. The normalized spacial score (nSPS) is 22.0. The summed E-state index contributed by atoms with van der Waals surface area (Å²) < 4.78 is 6.11. The molecule has 2 fully saturated rings. The third-order valence-corrected chi connectivity index (χ3v) is 6.35. The van der Waals surface area contributed by atoms with Gasteiger partial charge in [-0.25, -0.2) is 0 Å². The molecular formula is C24H30N4O3. The van der Waals surface area contributed by atoms with Crippen LogP contribution in [0, 0.1) is 12.8 Å². The average molecular weight is 423 g/mol. The number of carbonyl (C=O) groups is 2. The molecule has 0 aromatic carbocycles. The Balaban J connectivity index is 1.20. The molecule has 1 saturated heterocycles. The maximum absolute atomic E-state index is 12.8. The fourth-order valence-electron chi connectivity index (χ4n) is 4.44. The zero-order chi connectivity index (χ0) is 21.6. The molecule has 1 aliphatic heterocycles. The monoisotopic (exact) mass is 422 g/mol. The largest absolute Gasteiger partial charge is 0.489 e. The lowest BCUT2D eigenvalue weighted by atomic mass is 9.91. The topological polar surface area (TPSA) is 84.4 Å². The highest BCUT2D eigenvalue weighted by Gasteiger charge is 2.30. The van der Waals surface area contributed by atoms with Gasteiger partial charge in [0.05, 0.1) is 11.8 Å². The van der Waals surface area contributed by atoms with Crippen LogP contribution in [0.25, 0.3) is 0 Å². The predicted octanol–water partition coefficient (Wildman–Crippen LogP) is 3.14. The van der Waals surface area contributed by atoms with Crippen LogP contribution in [0.4, 0.5) is 0 Å². The van der Waals surface area contributed by atoms with Crippen molar-refractivity contribution in [3.63, 3.8) is 0 Å². The van der Waals surface area contributed by atoms with Crippen molar-refractivity contribution in [3.8, 4) is 5.75 Å². The number of hydrogen-bond acceptors (Lipinski definition) is 5. The van der Waals surface area contributed by atoms with Gasteiger partial charge >= 0.3 is 0 Å². The van der Waals surface area contributed by atoms with Gasteiger partial charge in [0.2, 0.25) is 5.91 Å². The van der Waals surface area contributed by atoms with E-state index in [0.29, 0.717) is 31.5 Å². The summed E-state index contributed by atoms with van der Waals surface area (Å²) >= 11 is 0. The van der Waals surface area contributed by atoms with E-state index in [9.17, 15) is 9.59 Å². The van der Waals surface area contributed by atoms with Crippen molar-refractivity contribution in [3.05, 3.63) is 54.1 Å². The number of piperidine rings is 1. The van der Waals surface area contributed by atoms with Crippen LogP contribution < -0.4 is 10.1 Å². The Bertz CT molecular complexity index is 889. The molecule has 164 valence electrons. The molecular weight excluding hydrogens is 392 g/mol. The van der Waals surface area contributed by atoms with Crippen LogP contribution in [-0.4, -0.2) is 51.9 Å². The van der Waals surface area contributed by atoms with E-state index >= 15 is 0 Å². The van der Waals surface area contributed by atoms with E-state index in [-0.39, 0.29) is 29.9 Å². The van der Waals surface area contributed by atoms with Crippen molar-refractivity contribution >= 4 is 11.8 Å². The summed E-state index contributed by atoms with van der Waals surface area (Å²) in [5.74, 6) is 0.975. The summed E-state index contributed by atoms with van der Waals surface area (Å²) in [5, 5.41) is 3.24. The van der Waals surface area contributed by atoms with Crippen molar-refractivity contribution in [2.24, 2.45) is 5.92 Å². The third kappa shape index (κ3) is 5.40. The first-order valence-electron chi connectivity index (χ1n) is 11.2. The number of amides is 2. The minimum atomic E-state index is -0.0199. The standard InChI is InChI=1S/C24H30N4O3/c1-17-22(3-2-12-26-17)31-21-6-4-20(5-7-21)27-23(29)18-10-15-28(16-11-18)24(30)19-8-13-25-14-9-19/h2-3,8-9,12-14,18,20-21H,4-7,10-11,15-16H2,1H3,(H,27,29). The quantitative estimate of drug-likeness (QED) is 0.800. The summed E-state index contributed by atoms with van der Waals surface area (Å²) in [7, 11) is 0. The molecule has 2 aliphatic rings. The van der Waals surface area contributed by atoms with Gasteiger partial charge in [-0.3, -0.25) is 19.6 Å². The van der Waals surface area contributed by atoms with Crippen LogP contribution in [0.5, 0.6) is 5.75 Å². The van der Waals surface area contributed by atoms with Crippen LogP contribution in [-0.2, 0) is 4.79 Å². The lowest BCUT2D eigenvalue weighted by Gasteiger charge is -2.34. The highest BCUT2D eigenvalue weighted by Crippen LogP contribution is 2.26. The number of rotatable bonds is 5. The summed E-state index contributed by atoms with van der Waals surface area (Å²) in [4.78, 5) is 35.4. The van der Waals surface area contributed by atoms with Gasteiger partial charge in [-0.1, -0.05) is 0 Å². The van der Waals surface area contributed by atoms with E-state index in [1.807, 2.05) is 24.0 Å². The third-order valence-electron chi connectivity index (χ3n) is 6.35. The highest BCUT2D eigenvalue weighted by molar-refractivity contribution is 5.94. The summed E-state index contributed by atoms with van der Waals surface area (Å²) in [6.07, 6.45) is 10.3. The number of carbonyl (C=O) groups excluding carboxylic acids is 2. The molecule has 3 heterocycles. The van der Waals surface area contributed by atoms with E-state index in [1.54, 1.807) is 30.7 Å². The summed E-state index contributed by atoms with van der Waals surface area (Å²) in [5.41, 5.74) is 1.56. The van der Waals surface area contributed by atoms with E-state index in [4.69, 9.17) is 4.74 Å². The van der Waals surface area contributed by atoms with Crippen molar-refractivity contribution in [1.82, 2.24) is 20.2 Å². The molecule has 1 saturated carbocycles. The fourth-order valence-corrected chi connectivity index (χ4v) is 4.44. The molecule has 1 aliphatic carbocycles. The second-order valence-corrected chi connectivity index (χ2v) is 8.49. The van der Waals surface area contributed by atoms with E-state index in [0.717, 1.165) is 37.1 Å². The molecule has 0 unspecified atom stereocenters. The maximum atomic E-state index is 12.8. The Labute approximate surface area is 183 Å². The van der Waals surface area contributed by atoms with Gasteiger partial charge in [0, 0.05) is 49.2 Å². The zero-order valence-electron chi connectivity index (χ0n) is 18.0. The Morgan fingerprint density at radius 2 is 1.71 bits per heavy atom. The van der Waals surface area contributed by atoms with Crippen molar-refractivity contribution in [1.29, 1.82) is 0 Å². The molecule has 2 aromatic heterocycles. The number of pyridine rings is 2. The first-order chi connectivity index (χ1) is 15.1. The fraction of sp³-hybridized carbons (Fsp3) is 0.500. The Morgan fingerprint density at radius 3 is 2.39 bits per heavy atom. The lowest BCUT2D eigenvalue weighted by Crippen LogP contribution is -2.46. The first-order valence-corrected chi connectivity index (χ1v) is 11.2. The predicted molar refractivity (Wildman–Crippen MR) is 117 cm³/mol. The van der Waals surface area contributed by atoms with E-state index < -0.39 is 0 Å². The molecule has 2 amide bonds. The van der Waals surface area contributed by atoms with Crippen molar-refractivity contribution in [2.45, 2.75) is 57.6 Å². The number of nitrogens with zero attached hydrogens (tertiary/aromatic N) is 3. The minimum Gasteiger partial charge on any atom is -0.489 e. The average Bonchev–Trinajstić information content (AvgIpc) is 2.82. The molecule has 0 bridgehead atoms. The van der Waals surface area contributed by atoms with Crippen LogP contribution in [0.2, 0.25) is 0 Å². The maximum Gasteiger partial charge on any atom is 0.253 e. The van der Waals surface area contributed by atoms with Crippen LogP contribution >= 0.6 is 0 Å². The van der Waals surface area contributed by atoms with Gasteiger partial charge in [-0.2, -0.15) is 0 Å². The molecule has 31 heavy (non-hydrogen) atoms. The Kier molecular flexibility index (Phi) is 6.79. The summed E-state index contributed by atoms with van der Waals surface area (Å²) in [6.45, 7) is 3.19. The molecule has 0 atom stereocenters.